The van der Waals surface area contributed by atoms with Crippen LogP contribution >= 0.6 is 0 Å². The molecule has 1 aromatic heterocycles. The van der Waals surface area contributed by atoms with Crippen LogP contribution in [-0.4, -0.2) is 31.1 Å². The Hall–Kier alpha value is -3.44. The second-order valence-electron chi connectivity index (χ2n) is 8.24. The highest BCUT2D eigenvalue weighted by Gasteiger charge is 2.33. The molecule has 0 aliphatic carbocycles. The lowest BCUT2D eigenvalue weighted by Crippen LogP contribution is -2.50. The molecule has 0 unspecified atom stereocenters. The zero-order chi connectivity index (χ0) is 26.3. The highest BCUT2D eigenvalue weighted by Crippen LogP contribution is 2.30. The van der Waals surface area contributed by atoms with Crippen molar-refractivity contribution in [2.45, 2.75) is 38.5 Å². The molecule has 0 radical (unpaired) electrons. The molecule has 1 atom stereocenters. The van der Waals surface area contributed by atoms with Crippen LogP contribution in [0.2, 0.25) is 0 Å². The number of para-hydroxylation sites is 1. The van der Waals surface area contributed by atoms with Gasteiger partial charge in [-0.05, 0) is 48.2 Å². The Morgan fingerprint density at radius 3 is 2.39 bits per heavy atom. The van der Waals surface area contributed by atoms with E-state index in [1.165, 1.54) is 23.2 Å². The van der Waals surface area contributed by atoms with Gasteiger partial charge < -0.3 is 10.6 Å². The van der Waals surface area contributed by atoms with E-state index in [0.717, 1.165) is 12.1 Å². The number of aromatic nitrogens is 1. The average molecular weight is 521 g/mol. The van der Waals surface area contributed by atoms with Crippen molar-refractivity contribution < 1.29 is 26.4 Å². The number of rotatable bonds is 10. The summed E-state index contributed by atoms with van der Waals surface area (Å²) in [4.78, 5) is 19.2. The molecule has 1 heterocycles. The number of pyridine rings is 1. The van der Waals surface area contributed by atoms with Gasteiger partial charge in [0.05, 0.1) is 17.9 Å². The molecule has 0 saturated heterocycles. The van der Waals surface area contributed by atoms with Gasteiger partial charge in [0, 0.05) is 11.9 Å². The number of nitrogens with two attached hydrogens (primary N) is 1. The number of alkyl halides is 3. The first-order valence-electron chi connectivity index (χ1n) is 11.2. The molecule has 3 N–H and O–H groups in total. The van der Waals surface area contributed by atoms with Crippen LogP contribution in [0.3, 0.4) is 0 Å². The Labute approximate surface area is 208 Å². The lowest BCUT2D eigenvalue weighted by atomic mass is 10.0. The summed E-state index contributed by atoms with van der Waals surface area (Å²) in [5, 5.41) is 0. The molecule has 1 amide bonds. The third kappa shape index (κ3) is 7.53. The summed E-state index contributed by atoms with van der Waals surface area (Å²) in [7, 11) is -3.88. The molecule has 0 bridgehead atoms. The van der Waals surface area contributed by atoms with Crippen LogP contribution in [0.1, 0.15) is 30.0 Å². The van der Waals surface area contributed by atoms with Crippen LogP contribution in [0.4, 0.5) is 24.7 Å². The predicted octanol–water partition coefficient (Wildman–Crippen LogP) is 4.16. The minimum absolute atomic E-state index is 0.0464. The minimum Gasteiger partial charge on any atom is -0.384 e. The predicted molar refractivity (Wildman–Crippen MR) is 132 cm³/mol. The molecule has 0 fully saturated rings. The van der Waals surface area contributed by atoms with Gasteiger partial charge in [0.2, 0.25) is 15.9 Å². The number of nitrogen functional groups attached to an aromatic ring is 1. The highest BCUT2D eigenvalue weighted by atomic mass is 32.2. The van der Waals surface area contributed by atoms with Gasteiger partial charge in [0.15, 0.2) is 0 Å². The van der Waals surface area contributed by atoms with Crippen LogP contribution < -0.4 is 15.4 Å². The number of nitrogens with one attached hydrogen (secondary N) is 1. The number of benzene rings is 2. The van der Waals surface area contributed by atoms with Crippen molar-refractivity contribution in [1.29, 1.82) is 0 Å². The second kappa shape index (κ2) is 11.5. The van der Waals surface area contributed by atoms with Crippen LogP contribution in [0, 0.1) is 0 Å². The number of anilines is 2. The Balaban J connectivity index is 2.00. The zero-order valence-corrected chi connectivity index (χ0v) is 20.4. The van der Waals surface area contributed by atoms with E-state index in [-0.39, 0.29) is 24.3 Å². The largest absolute Gasteiger partial charge is 0.416 e. The van der Waals surface area contributed by atoms with Gasteiger partial charge in [0.1, 0.15) is 11.9 Å². The van der Waals surface area contributed by atoms with E-state index < -0.39 is 33.7 Å². The summed E-state index contributed by atoms with van der Waals surface area (Å²) < 4.78 is 67.4. The second-order valence-corrected chi connectivity index (χ2v) is 10.1. The van der Waals surface area contributed by atoms with E-state index in [9.17, 15) is 26.4 Å². The van der Waals surface area contributed by atoms with Crippen LogP contribution in [0.25, 0.3) is 0 Å². The molecule has 36 heavy (non-hydrogen) atoms. The quantitative estimate of drug-likeness (QED) is 0.418. The molecule has 0 aliphatic heterocycles. The van der Waals surface area contributed by atoms with Crippen molar-refractivity contribution >= 4 is 27.4 Å². The first-order chi connectivity index (χ1) is 17.0. The lowest BCUT2D eigenvalue weighted by Gasteiger charge is -2.28. The van der Waals surface area contributed by atoms with E-state index in [1.807, 2.05) is 0 Å². The normalized spacial score (nSPS) is 12.8. The summed E-state index contributed by atoms with van der Waals surface area (Å²) in [6, 6.07) is 15.0. The van der Waals surface area contributed by atoms with Crippen molar-refractivity contribution in [2.75, 3.05) is 16.4 Å². The molecule has 11 heteroatoms. The molecular formula is C25H27F3N4O3S. The maximum absolute atomic E-state index is 13.8. The van der Waals surface area contributed by atoms with Crippen molar-refractivity contribution in [3.63, 3.8) is 0 Å². The van der Waals surface area contributed by atoms with E-state index in [0.29, 0.717) is 23.5 Å². The fraction of sp³-hybridized carbons (Fsp3) is 0.280. The summed E-state index contributed by atoms with van der Waals surface area (Å²) in [6.45, 7) is 1.72. The van der Waals surface area contributed by atoms with Gasteiger partial charge in [-0.3, -0.25) is 4.79 Å². The summed E-state index contributed by atoms with van der Waals surface area (Å²) >= 11 is 0. The zero-order valence-electron chi connectivity index (χ0n) is 19.6. The Morgan fingerprint density at radius 2 is 1.78 bits per heavy atom. The van der Waals surface area contributed by atoms with Crippen molar-refractivity contribution in [3.8, 4) is 0 Å². The van der Waals surface area contributed by atoms with E-state index in [2.05, 4.69) is 9.71 Å². The van der Waals surface area contributed by atoms with Gasteiger partial charge in [-0.1, -0.05) is 49.4 Å². The number of carbonyl (C=O) groups excluding carboxylic acids is 1. The van der Waals surface area contributed by atoms with Gasteiger partial charge in [-0.2, -0.15) is 13.2 Å². The monoisotopic (exact) mass is 520 g/mol. The molecule has 192 valence electrons. The summed E-state index contributed by atoms with van der Waals surface area (Å²) in [5.41, 5.74) is 6.07. The number of amides is 1. The van der Waals surface area contributed by atoms with Gasteiger partial charge in [-0.15, -0.1) is 0 Å². The third-order valence-corrected chi connectivity index (χ3v) is 6.90. The maximum Gasteiger partial charge on any atom is 0.416 e. The lowest BCUT2D eigenvalue weighted by molar-refractivity contribution is -0.137. The fourth-order valence-electron chi connectivity index (χ4n) is 3.64. The molecule has 0 aliphatic rings. The van der Waals surface area contributed by atoms with Crippen LogP contribution in [0.15, 0.2) is 72.9 Å². The Bertz CT molecular complexity index is 1270. The van der Waals surface area contributed by atoms with E-state index >= 15 is 0 Å². The fourth-order valence-corrected chi connectivity index (χ4v) is 4.91. The van der Waals surface area contributed by atoms with E-state index in [1.54, 1.807) is 49.4 Å². The number of carbonyl (C=O) groups is 1. The molecule has 2 aromatic carbocycles. The number of nitrogens with zero attached hydrogens (tertiary/aromatic N) is 2. The maximum atomic E-state index is 13.8. The standard InChI is InChI=1S/C25H27F3N4O3S/c1-2-13-36(34,35)31-22(15-18-7-6-8-20(14-18)25(26,27)28)24(33)32(21-9-4-3-5-10-21)17-19-11-12-23(29)30-16-19/h3-12,14,16,22,31H,2,13,15,17H2,1H3,(H2,29,30)/t22-/m0/s1. The van der Waals surface area contributed by atoms with E-state index in [4.69, 9.17) is 5.73 Å². The van der Waals surface area contributed by atoms with Gasteiger partial charge in [0.25, 0.3) is 0 Å². The minimum atomic E-state index is -4.57. The Morgan fingerprint density at radius 1 is 1.06 bits per heavy atom. The number of sulfonamides is 1. The van der Waals surface area contributed by atoms with Crippen molar-refractivity contribution in [2.24, 2.45) is 0 Å². The highest BCUT2D eigenvalue weighted by molar-refractivity contribution is 7.89. The third-order valence-electron chi connectivity index (χ3n) is 5.31. The Kier molecular flexibility index (Phi) is 8.70. The topological polar surface area (TPSA) is 105 Å². The van der Waals surface area contributed by atoms with Crippen molar-refractivity contribution in [3.05, 3.63) is 89.6 Å². The van der Waals surface area contributed by atoms with Crippen LogP contribution in [-0.2, 0) is 34.0 Å². The smallest absolute Gasteiger partial charge is 0.384 e. The molecule has 0 spiro atoms. The SMILES string of the molecule is CCCS(=O)(=O)N[C@@H](Cc1cccc(C(F)(F)F)c1)C(=O)N(Cc1ccc(N)nc1)c1ccccc1. The number of hydrogen-bond acceptors (Lipinski definition) is 5. The molecule has 7 nitrogen and oxygen atoms in total. The molecule has 3 aromatic rings. The molecule has 3 rings (SSSR count). The average Bonchev–Trinajstić information content (AvgIpc) is 2.83. The molecule has 0 saturated carbocycles. The van der Waals surface area contributed by atoms with Crippen LogP contribution in [0.5, 0.6) is 0 Å². The first-order valence-corrected chi connectivity index (χ1v) is 12.9. The first kappa shape index (κ1) is 27.2. The molecular weight excluding hydrogens is 493 g/mol. The number of halogens is 3. The van der Waals surface area contributed by atoms with Crippen molar-refractivity contribution in [1.82, 2.24) is 9.71 Å². The number of hydrogen-bond donors (Lipinski definition) is 2. The summed E-state index contributed by atoms with van der Waals surface area (Å²) in [6.07, 6.45) is -3.04. The van der Waals surface area contributed by atoms with Gasteiger partial charge >= 0.3 is 6.18 Å². The van der Waals surface area contributed by atoms with Gasteiger partial charge in [-0.25, -0.2) is 18.1 Å². The summed E-state index contributed by atoms with van der Waals surface area (Å²) in [5.74, 6) is -0.548.